The summed E-state index contributed by atoms with van der Waals surface area (Å²) in [6.45, 7) is 9.38. The molecule has 1 aliphatic carbocycles. The van der Waals surface area contributed by atoms with Gasteiger partial charge >= 0.3 is 6.03 Å². The third-order valence-electron chi connectivity index (χ3n) is 5.40. The van der Waals surface area contributed by atoms with Crippen LogP contribution in [0.2, 0.25) is 0 Å². The van der Waals surface area contributed by atoms with Crippen LogP contribution in [0.4, 0.5) is 4.79 Å². The van der Waals surface area contributed by atoms with E-state index in [0.717, 1.165) is 44.8 Å². The van der Waals surface area contributed by atoms with Crippen molar-refractivity contribution in [3.63, 3.8) is 0 Å². The zero-order chi connectivity index (χ0) is 17.6. The van der Waals surface area contributed by atoms with E-state index in [1.165, 1.54) is 24.0 Å². The number of rotatable bonds is 7. The Bertz CT molecular complexity index is 586. The normalized spacial score (nSPS) is 19.3. The van der Waals surface area contributed by atoms with Crippen LogP contribution < -0.4 is 10.1 Å². The molecule has 0 aromatic heterocycles. The number of urea groups is 1. The van der Waals surface area contributed by atoms with E-state index in [1.807, 2.05) is 4.90 Å². The molecule has 1 heterocycles. The molecule has 0 bridgehead atoms. The number of benzene rings is 1. The van der Waals surface area contributed by atoms with Gasteiger partial charge in [0.15, 0.2) is 0 Å². The molecule has 138 valence electrons. The van der Waals surface area contributed by atoms with Gasteiger partial charge in [-0.1, -0.05) is 19.9 Å². The van der Waals surface area contributed by atoms with Gasteiger partial charge in [0.2, 0.25) is 0 Å². The molecule has 1 aromatic rings. The average molecular weight is 345 g/mol. The lowest BCUT2D eigenvalue weighted by atomic mass is 10.1. The number of aryl methyl sites for hydroxylation is 2. The fraction of sp³-hybridized carbons (Fsp3) is 0.650. The van der Waals surface area contributed by atoms with Crippen molar-refractivity contribution in [1.82, 2.24) is 15.1 Å². The number of hydrogen-bond donors (Lipinski definition) is 1. The van der Waals surface area contributed by atoms with E-state index in [4.69, 9.17) is 4.74 Å². The van der Waals surface area contributed by atoms with Gasteiger partial charge in [-0.25, -0.2) is 4.79 Å². The zero-order valence-corrected chi connectivity index (χ0v) is 15.6. The molecular formula is C20H31N3O2. The predicted octanol–water partition coefficient (Wildman–Crippen LogP) is 2.68. The van der Waals surface area contributed by atoms with Gasteiger partial charge in [-0.2, -0.15) is 0 Å². The van der Waals surface area contributed by atoms with E-state index in [1.54, 1.807) is 0 Å². The molecule has 1 atom stereocenters. The van der Waals surface area contributed by atoms with Crippen molar-refractivity contribution in [2.24, 2.45) is 0 Å². The molecule has 1 fully saturated rings. The Labute approximate surface area is 151 Å². The highest BCUT2D eigenvalue weighted by Gasteiger charge is 2.27. The highest BCUT2D eigenvalue weighted by Crippen LogP contribution is 2.27. The molecule has 0 spiro atoms. The van der Waals surface area contributed by atoms with E-state index in [9.17, 15) is 4.79 Å². The van der Waals surface area contributed by atoms with Gasteiger partial charge in [0.25, 0.3) is 0 Å². The maximum atomic E-state index is 12.3. The Morgan fingerprint density at radius 2 is 2.08 bits per heavy atom. The lowest BCUT2D eigenvalue weighted by Gasteiger charge is -2.21. The molecule has 2 amide bonds. The first-order valence-corrected chi connectivity index (χ1v) is 9.73. The first-order chi connectivity index (χ1) is 12.2. The van der Waals surface area contributed by atoms with Gasteiger partial charge in [-0.05, 0) is 55.6 Å². The summed E-state index contributed by atoms with van der Waals surface area (Å²) in [6.07, 6.45) is 4.62. The SMILES string of the molecule is CCN(CC)CCNC(=O)N1CCC(Oc2ccc3c(c2)CCC3)C1. The minimum atomic E-state index is 0.0345. The second-order valence-electron chi connectivity index (χ2n) is 7.02. The smallest absolute Gasteiger partial charge is 0.317 e. The Balaban J connectivity index is 1.43. The molecule has 1 unspecified atom stereocenters. The zero-order valence-electron chi connectivity index (χ0n) is 15.6. The number of likely N-dealkylation sites (tertiary alicyclic amines) is 1. The van der Waals surface area contributed by atoms with Crippen LogP contribution >= 0.6 is 0 Å². The molecule has 3 rings (SSSR count). The summed E-state index contributed by atoms with van der Waals surface area (Å²) in [7, 11) is 0. The van der Waals surface area contributed by atoms with E-state index in [-0.39, 0.29) is 12.1 Å². The molecule has 1 saturated heterocycles. The first kappa shape index (κ1) is 18.1. The monoisotopic (exact) mass is 345 g/mol. The number of nitrogens with one attached hydrogen (secondary N) is 1. The Morgan fingerprint density at radius 3 is 2.88 bits per heavy atom. The highest BCUT2D eigenvalue weighted by molar-refractivity contribution is 5.74. The van der Waals surface area contributed by atoms with Crippen molar-refractivity contribution in [2.75, 3.05) is 39.3 Å². The lowest BCUT2D eigenvalue weighted by molar-refractivity contribution is 0.185. The van der Waals surface area contributed by atoms with Gasteiger partial charge in [0.1, 0.15) is 11.9 Å². The summed E-state index contributed by atoms with van der Waals surface area (Å²) in [4.78, 5) is 16.5. The summed E-state index contributed by atoms with van der Waals surface area (Å²) in [5.74, 6) is 0.953. The largest absolute Gasteiger partial charge is 0.489 e. The van der Waals surface area contributed by atoms with Gasteiger partial charge < -0.3 is 19.9 Å². The van der Waals surface area contributed by atoms with Crippen LogP contribution in [-0.4, -0.2) is 61.2 Å². The van der Waals surface area contributed by atoms with Crippen molar-refractivity contribution in [3.05, 3.63) is 29.3 Å². The number of carbonyl (C=O) groups is 1. The second kappa shape index (κ2) is 8.56. The van der Waals surface area contributed by atoms with Crippen molar-refractivity contribution < 1.29 is 9.53 Å². The topological polar surface area (TPSA) is 44.8 Å². The van der Waals surface area contributed by atoms with Gasteiger partial charge in [0.05, 0.1) is 6.54 Å². The second-order valence-corrected chi connectivity index (χ2v) is 7.02. The van der Waals surface area contributed by atoms with Crippen LogP contribution in [-0.2, 0) is 12.8 Å². The molecule has 5 heteroatoms. The molecule has 0 saturated carbocycles. The standard InChI is InChI=1S/C20H31N3O2/c1-3-22(4-2)13-11-21-20(24)23-12-10-19(15-23)25-18-9-8-16-6-5-7-17(16)14-18/h8-9,14,19H,3-7,10-13,15H2,1-2H3,(H,21,24). The summed E-state index contributed by atoms with van der Waals surface area (Å²) in [5.41, 5.74) is 2.90. The summed E-state index contributed by atoms with van der Waals surface area (Å²) >= 11 is 0. The molecule has 1 N–H and O–H groups in total. The third-order valence-corrected chi connectivity index (χ3v) is 5.40. The van der Waals surface area contributed by atoms with E-state index in [0.29, 0.717) is 13.1 Å². The number of nitrogens with zero attached hydrogens (tertiary/aromatic N) is 2. The van der Waals surface area contributed by atoms with Gasteiger partial charge in [0, 0.05) is 26.1 Å². The van der Waals surface area contributed by atoms with Crippen LogP contribution in [0.15, 0.2) is 18.2 Å². The van der Waals surface area contributed by atoms with Crippen LogP contribution in [0.3, 0.4) is 0 Å². The predicted molar refractivity (Wildman–Crippen MR) is 100 cm³/mol. The van der Waals surface area contributed by atoms with Crippen molar-refractivity contribution >= 4 is 6.03 Å². The van der Waals surface area contributed by atoms with E-state index >= 15 is 0 Å². The highest BCUT2D eigenvalue weighted by atomic mass is 16.5. The van der Waals surface area contributed by atoms with E-state index in [2.05, 4.69) is 42.3 Å². The lowest BCUT2D eigenvalue weighted by Crippen LogP contribution is -2.42. The number of ether oxygens (including phenoxy) is 1. The number of hydrogen-bond acceptors (Lipinski definition) is 3. The van der Waals surface area contributed by atoms with E-state index < -0.39 is 0 Å². The molecule has 1 aliphatic heterocycles. The Kier molecular flexibility index (Phi) is 6.19. The minimum Gasteiger partial charge on any atom is -0.489 e. The number of carbonyl (C=O) groups excluding carboxylic acids is 1. The molecule has 0 radical (unpaired) electrons. The molecule has 2 aliphatic rings. The minimum absolute atomic E-state index is 0.0345. The quantitative estimate of drug-likeness (QED) is 0.826. The van der Waals surface area contributed by atoms with Crippen LogP contribution in [0.5, 0.6) is 5.75 Å². The van der Waals surface area contributed by atoms with Gasteiger partial charge in [-0.15, -0.1) is 0 Å². The average Bonchev–Trinajstić information content (AvgIpc) is 3.27. The molecule has 25 heavy (non-hydrogen) atoms. The number of likely N-dealkylation sites (N-methyl/N-ethyl adjacent to an activating group) is 1. The van der Waals surface area contributed by atoms with Gasteiger partial charge in [-0.3, -0.25) is 0 Å². The number of amides is 2. The fourth-order valence-corrected chi connectivity index (χ4v) is 3.80. The van der Waals surface area contributed by atoms with Crippen molar-refractivity contribution in [3.8, 4) is 5.75 Å². The number of fused-ring (bicyclic) bond motifs is 1. The Morgan fingerprint density at radius 1 is 1.28 bits per heavy atom. The first-order valence-electron chi connectivity index (χ1n) is 9.73. The third kappa shape index (κ3) is 4.66. The summed E-state index contributed by atoms with van der Waals surface area (Å²) < 4.78 is 6.13. The Hall–Kier alpha value is -1.75. The van der Waals surface area contributed by atoms with Crippen LogP contribution in [0, 0.1) is 0 Å². The van der Waals surface area contributed by atoms with Crippen molar-refractivity contribution in [2.45, 2.75) is 45.6 Å². The molecular weight excluding hydrogens is 314 g/mol. The fourth-order valence-electron chi connectivity index (χ4n) is 3.80. The van der Waals surface area contributed by atoms with Crippen LogP contribution in [0.1, 0.15) is 37.8 Å². The summed E-state index contributed by atoms with van der Waals surface area (Å²) in [5, 5.41) is 3.03. The maximum Gasteiger partial charge on any atom is 0.317 e. The van der Waals surface area contributed by atoms with Crippen molar-refractivity contribution in [1.29, 1.82) is 0 Å². The molecule has 5 nitrogen and oxygen atoms in total. The maximum absolute atomic E-state index is 12.3. The summed E-state index contributed by atoms with van der Waals surface area (Å²) in [6, 6.07) is 6.50. The molecule has 1 aromatic carbocycles. The van der Waals surface area contributed by atoms with Crippen LogP contribution in [0.25, 0.3) is 0 Å².